The number of alkyl carbamates (subject to hydrolysis) is 1. The van der Waals surface area contributed by atoms with Crippen molar-refractivity contribution in [3.63, 3.8) is 0 Å². The molecule has 1 aromatic rings. The number of nitrogens with one attached hydrogen (secondary N) is 3. The van der Waals surface area contributed by atoms with Gasteiger partial charge >= 0.3 is 18.1 Å². The van der Waals surface area contributed by atoms with Gasteiger partial charge in [-0.25, -0.2) is 9.59 Å². The minimum Gasteiger partial charge on any atom is -0.483 e. The molecule has 6 amide bonds. The maximum atomic E-state index is 13.3. The van der Waals surface area contributed by atoms with Gasteiger partial charge < -0.3 is 30.2 Å². The quantitative estimate of drug-likeness (QED) is 0.205. The number of benzene rings is 1. The summed E-state index contributed by atoms with van der Waals surface area (Å²) in [5, 5.41) is 8.41. The van der Waals surface area contributed by atoms with E-state index in [9.17, 15) is 28.8 Å². The maximum Gasteiger partial charge on any atom is 0.423 e. The smallest absolute Gasteiger partial charge is 0.423 e. The van der Waals surface area contributed by atoms with E-state index in [0.29, 0.717) is 42.0 Å². The van der Waals surface area contributed by atoms with Crippen LogP contribution in [0.15, 0.2) is 36.1 Å². The van der Waals surface area contributed by atoms with Crippen LogP contribution < -0.4 is 16.0 Å². The van der Waals surface area contributed by atoms with Crippen molar-refractivity contribution in [1.29, 1.82) is 0 Å². The lowest BCUT2D eigenvalue weighted by atomic mass is 10.0. The van der Waals surface area contributed by atoms with Gasteiger partial charge in [0.15, 0.2) is 5.76 Å². The van der Waals surface area contributed by atoms with E-state index in [4.69, 9.17) is 9.47 Å². The molecule has 0 aromatic heterocycles. The highest BCUT2D eigenvalue weighted by atomic mass is 16.6. The van der Waals surface area contributed by atoms with Crippen LogP contribution in [0.5, 0.6) is 0 Å². The Morgan fingerprint density at radius 1 is 0.978 bits per heavy atom. The van der Waals surface area contributed by atoms with Crippen molar-refractivity contribution in [2.45, 2.75) is 78.2 Å². The summed E-state index contributed by atoms with van der Waals surface area (Å²) >= 11 is 0. The van der Waals surface area contributed by atoms with E-state index in [1.807, 2.05) is 13.8 Å². The van der Waals surface area contributed by atoms with Crippen LogP contribution in [0.25, 0.3) is 0 Å². The normalized spacial score (nSPS) is 14.5. The molecule has 1 aromatic carbocycles. The van der Waals surface area contributed by atoms with Crippen molar-refractivity contribution in [1.82, 2.24) is 20.4 Å². The Hall–Kier alpha value is -4.46. The molecule has 1 heterocycles. The van der Waals surface area contributed by atoms with Gasteiger partial charge in [-0.1, -0.05) is 26.0 Å². The Kier molecular flexibility index (Phi) is 13.5. The molecule has 0 spiro atoms. The van der Waals surface area contributed by atoms with Gasteiger partial charge in [-0.3, -0.25) is 24.1 Å². The van der Waals surface area contributed by atoms with Crippen LogP contribution in [0.2, 0.25) is 0 Å². The van der Waals surface area contributed by atoms with Crippen LogP contribution >= 0.6 is 0 Å². The van der Waals surface area contributed by atoms with Gasteiger partial charge in [0, 0.05) is 12.2 Å². The first-order valence-corrected chi connectivity index (χ1v) is 14.7. The fraction of sp³-hybridized carbons (Fsp3) is 0.548. The zero-order valence-electron chi connectivity index (χ0n) is 27.2. The average molecular weight is 632 g/mol. The first-order chi connectivity index (χ1) is 21.0. The van der Waals surface area contributed by atoms with Crippen LogP contribution in [0, 0.1) is 5.92 Å². The summed E-state index contributed by atoms with van der Waals surface area (Å²) in [6.07, 6.45) is 0.736. The minimum atomic E-state index is -1.10. The lowest BCUT2D eigenvalue weighted by molar-refractivity contribution is -0.136. The second kappa shape index (κ2) is 16.6. The zero-order valence-corrected chi connectivity index (χ0v) is 27.2. The summed E-state index contributed by atoms with van der Waals surface area (Å²) in [5.74, 6) is -2.73. The van der Waals surface area contributed by atoms with Crippen molar-refractivity contribution < 1.29 is 43.0 Å². The summed E-state index contributed by atoms with van der Waals surface area (Å²) in [4.78, 5) is 76.3. The van der Waals surface area contributed by atoms with Crippen LogP contribution in [-0.2, 0) is 40.0 Å². The van der Waals surface area contributed by atoms with E-state index < -0.39 is 47.6 Å². The third kappa shape index (κ3) is 11.5. The number of hydrogen-bond donors (Lipinski definition) is 3. The van der Waals surface area contributed by atoms with Crippen molar-refractivity contribution in [3.8, 4) is 0 Å². The molecule has 248 valence electrons. The Bertz CT molecular complexity index is 1260. The van der Waals surface area contributed by atoms with Crippen molar-refractivity contribution >= 4 is 41.5 Å². The third-order valence-electron chi connectivity index (χ3n) is 6.54. The molecule has 14 heteroatoms. The van der Waals surface area contributed by atoms with Crippen LogP contribution in [0.4, 0.5) is 15.3 Å². The Morgan fingerprint density at radius 2 is 1.62 bits per heavy atom. The standard InChI is InChI=1S/C31H45N5O9/c1-19(2)25(35(6)7)27(39)34-22(11-9-10-16-32-29(41)45-31(3,4)5)26(38)33-21-14-12-20(13-15-21)18-44-23-17-24(37)36(28(23)40)30(42)43-8/h12-15,17,19,22,25H,9-11,16,18H2,1-8H3,(H,32,41)(H,33,38)(H,34,39)/t22-,25-/m0/s1. The molecule has 45 heavy (non-hydrogen) atoms. The van der Waals surface area contributed by atoms with Crippen molar-refractivity contribution in [3.05, 3.63) is 41.7 Å². The van der Waals surface area contributed by atoms with Crippen LogP contribution in [0.1, 0.15) is 59.4 Å². The molecular weight excluding hydrogens is 586 g/mol. The summed E-state index contributed by atoms with van der Waals surface area (Å²) in [6, 6.07) is 5.31. The Labute approximate surface area is 263 Å². The van der Waals surface area contributed by atoms with Gasteiger partial charge in [0.05, 0.1) is 19.2 Å². The summed E-state index contributed by atoms with van der Waals surface area (Å²) in [5.41, 5.74) is 0.479. The van der Waals surface area contributed by atoms with Gasteiger partial charge in [0.2, 0.25) is 11.8 Å². The fourth-order valence-corrected chi connectivity index (χ4v) is 4.53. The number of rotatable bonds is 14. The predicted octanol–water partition coefficient (Wildman–Crippen LogP) is 2.93. The topological polar surface area (TPSA) is 173 Å². The summed E-state index contributed by atoms with van der Waals surface area (Å²) in [7, 11) is 4.66. The van der Waals surface area contributed by atoms with Gasteiger partial charge in [-0.15, -0.1) is 0 Å². The second-order valence-corrected chi connectivity index (χ2v) is 12.1. The monoisotopic (exact) mass is 631 g/mol. The van der Waals surface area contributed by atoms with Gasteiger partial charge in [0.1, 0.15) is 18.2 Å². The molecule has 2 rings (SSSR count). The van der Waals surface area contributed by atoms with Gasteiger partial charge in [-0.2, -0.15) is 4.90 Å². The lowest BCUT2D eigenvalue weighted by Gasteiger charge is -2.29. The first-order valence-electron chi connectivity index (χ1n) is 14.7. The molecule has 0 bridgehead atoms. The molecular formula is C31H45N5O9. The number of amides is 6. The molecule has 1 aliphatic rings. The molecule has 0 fully saturated rings. The number of unbranched alkanes of at least 4 members (excludes halogenated alkanes) is 1. The van der Waals surface area contributed by atoms with E-state index in [1.165, 1.54) is 0 Å². The third-order valence-corrected chi connectivity index (χ3v) is 6.54. The SMILES string of the molecule is COC(=O)N1C(=O)C=C(OCc2ccc(NC(=O)[C@H](CCCCNC(=O)OC(C)(C)C)NC(=O)[C@H](C(C)C)N(C)C)cc2)C1=O. The number of hydrogen-bond acceptors (Lipinski definition) is 10. The Balaban J connectivity index is 2.01. The van der Waals surface area contributed by atoms with Gasteiger partial charge in [0.25, 0.3) is 5.91 Å². The largest absolute Gasteiger partial charge is 0.483 e. The molecule has 0 saturated carbocycles. The number of nitrogens with zero attached hydrogens (tertiary/aromatic N) is 2. The highest BCUT2D eigenvalue weighted by molar-refractivity contribution is 6.23. The number of likely N-dealkylation sites (N-methyl/N-ethyl adjacent to an activating group) is 1. The molecule has 1 aliphatic heterocycles. The minimum absolute atomic E-state index is 0.00783. The van der Waals surface area contributed by atoms with Crippen molar-refractivity contribution in [2.75, 3.05) is 33.1 Å². The van der Waals surface area contributed by atoms with Gasteiger partial charge in [-0.05, 0) is 77.7 Å². The number of carbonyl (C=O) groups is 6. The molecule has 3 N–H and O–H groups in total. The van der Waals surface area contributed by atoms with Crippen LogP contribution in [-0.4, -0.2) is 91.0 Å². The number of ether oxygens (including phenoxy) is 3. The number of anilines is 1. The number of imide groups is 3. The molecule has 14 nitrogen and oxygen atoms in total. The predicted molar refractivity (Wildman–Crippen MR) is 165 cm³/mol. The van der Waals surface area contributed by atoms with E-state index in [-0.39, 0.29) is 24.2 Å². The molecule has 0 saturated heterocycles. The van der Waals surface area contributed by atoms with E-state index in [1.54, 1.807) is 64.0 Å². The first kappa shape index (κ1) is 36.7. The van der Waals surface area contributed by atoms with Crippen molar-refractivity contribution in [2.24, 2.45) is 5.92 Å². The highest BCUT2D eigenvalue weighted by Gasteiger charge is 2.38. The summed E-state index contributed by atoms with van der Waals surface area (Å²) in [6.45, 7) is 9.46. The second-order valence-electron chi connectivity index (χ2n) is 12.1. The van der Waals surface area contributed by atoms with Crippen LogP contribution in [0.3, 0.4) is 0 Å². The molecule has 0 unspecified atom stereocenters. The highest BCUT2D eigenvalue weighted by Crippen LogP contribution is 2.19. The number of methoxy groups -OCH3 is 1. The van der Waals surface area contributed by atoms with E-state index in [2.05, 4.69) is 20.7 Å². The lowest BCUT2D eigenvalue weighted by Crippen LogP contribution is -2.52. The summed E-state index contributed by atoms with van der Waals surface area (Å²) < 4.78 is 15.1. The maximum absolute atomic E-state index is 13.3. The molecule has 2 atom stereocenters. The molecule has 0 aliphatic carbocycles. The Morgan fingerprint density at radius 3 is 2.18 bits per heavy atom. The molecule has 0 radical (unpaired) electrons. The zero-order chi connectivity index (χ0) is 33.9. The van der Waals surface area contributed by atoms with E-state index >= 15 is 0 Å². The fourth-order valence-electron chi connectivity index (χ4n) is 4.53. The van der Waals surface area contributed by atoms with E-state index in [0.717, 1.165) is 13.2 Å². The average Bonchev–Trinajstić information content (AvgIpc) is 3.22. The number of carbonyl (C=O) groups excluding carboxylic acids is 6.